The Morgan fingerprint density at radius 1 is 1.44 bits per heavy atom. The highest BCUT2D eigenvalue weighted by atomic mass is 16.4. The highest BCUT2D eigenvalue weighted by Gasteiger charge is 2.32. The van der Waals surface area contributed by atoms with E-state index in [0.29, 0.717) is 19.5 Å². The van der Waals surface area contributed by atoms with Crippen molar-refractivity contribution in [1.29, 1.82) is 0 Å². The summed E-state index contributed by atoms with van der Waals surface area (Å²) >= 11 is 0. The molecular formula is C14H19NO3. The summed E-state index contributed by atoms with van der Waals surface area (Å²) in [6.45, 7) is 4.59. The van der Waals surface area contributed by atoms with Crippen molar-refractivity contribution in [3.63, 3.8) is 0 Å². The van der Waals surface area contributed by atoms with Crippen molar-refractivity contribution in [2.75, 3.05) is 18.0 Å². The molecule has 4 heteroatoms. The van der Waals surface area contributed by atoms with Crippen molar-refractivity contribution in [1.82, 2.24) is 0 Å². The van der Waals surface area contributed by atoms with Gasteiger partial charge in [-0.2, -0.15) is 0 Å². The summed E-state index contributed by atoms with van der Waals surface area (Å²) in [5, 5.41) is 19.1. The van der Waals surface area contributed by atoms with Crippen molar-refractivity contribution in [2.45, 2.75) is 26.4 Å². The fourth-order valence-electron chi connectivity index (χ4n) is 2.32. The molecule has 1 atom stereocenters. The summed E-state index contributed by atoms with van der Waals surface area (Å²) in [6, 6.07) is 7.65. The third-order valence-electron chi connectivity index (χ3n) is 3.47. The van der Waals surface area contributed by atoms with Gasteiger partial charge in [0.2, 0.25) is 0 Å². The second kappa shape index (κ2) is 4.61. The van der Waals surface area contributed by atoms with Crippen molar-refractivity contribution in [2.24, 2.45) is 5.41 Å². The molecule has 0 saturated carbocycles. The largest absolute Gasteiger partial charge is 0.481 e. The molecule has 0 bridgehead atoms. The Kier molecular flexibility index (Phi) is 3.30. The Bertz CT molecular complexity index is 456. The Labute approximate surface area is 107 Å². The monoisotopic (exact) mass is 249 g/mol. The third-order valence-corrected chi connectivity index (χ3v) is 3.47. The highest BCUT2D eigenvalue weighted by Crippen LogP contribution is 2.35. The lowest BCUT2D eigenvalue weighted by Gasteiger charge is -2.37. The normalized spacial score (nSPS) is 19.5. The maximum atomic E-state index is 11.2. The van der Waals surface area contributed by atoms with Crippen molar-refractivity contribution < 1.29 is 15.0 Å². The average molecular weight is 249 g/mol. The van der Waals surface area contributed by atoms with Gasteiger partial charge in [0.05, 0.1) is 11.5 Å². The Morgan fingerprint density at radius 2 is 2.11 bits per heavy atom. The average Bonchev–Trinajstić information content (AvgIpc) is 2.33. The molecule has 1 aliphatic heterocycles. The minimum atomic E-state index is -0.800. The van der Waals surface area contributed by atoms with Crippen LogP contribution in [0, 0.1) is 5.41 Å². The first-order valence-corrected chi connectivity index (χ1v) is 6.17. The van der Waals surface area contributed by atoms with Crippen LogP contribution in [0.1, 0.15) is 31.9 Å². The first-order chi connectivity index (χ1) is 8.42. The summed E-state index contributed by atoms with van der Waals surface area (Å²) < 4.78 is 0. The first-order valence-electron chi connectivity index (χ1n) is 6.17. The molecule has 1 aromatic rings. The summed E-state index contributed by atoms with van der Waals surface area (Å²) in [5.74, 6) is -0.800. The second-order valence-corrected chi connectivity index (χ2v) is 5.47. The van der Waals surface area contributed by atoms with Crippen LogP contribution in [-0.4, -0.2) is 29.3 Å². The van der Waals surface area contributed by atoms with Gasteiger partial charge in [-0.15, -0.1) is 0 Å². The zero-order valence-electron chi connectivity index (χ0n) is 10.8. The van der Waals surface area contributed by atoms with Gasteiger partial charge in [0.1, 0.15) is 0 Å². The van der Waals surface area contributed by atoms with Gasteiger partial charge in [-0.3, -0.25) is 4.79 Å². The number of aliphatic carboxylic acids is 1. The van der Waals surface area contributed by atoms with Crippen LogP contribution in [0.15, 0.2) is 24.3 Å². The number of anilines is 1. The van der Waals surface area contributed by atoms with Gasteiger partial charge in [0, 0.05) is 24.3 Å². The minimum Gasteiger partial charge on any atom is -0.481 e. The fourth-order valence-corrected chi connectivity index (χ4v) is 2.32. The van der Waals surface area contributed by atoms with Crippen LogP contribution in [0.2, 0.25) is 0 Å². The molecule has 0 saturated heterocycles. The molecule has 0 amide bonds. The number of hydrogen-bond donors (Lipinski definition) is 2. The SMILES string of the molecule is CC(C)(CN1CCC(O)c2ccccc21)C(=O)O. The number of para-hydroxylation sites is 1. The van der Waals surface area contributed by atoms with Crippen LogP contribution in [0.25, 0.3) is 0 Å². The predicted octanol–water partition coefficient (Wildman–Crippen LogP) is 2.04. The lowest BCUT2D eigenvalue weighted by Crippen LogP contribution is -2.42. The van der Waals surface area contributed by atoms with Gasteiger partial charge in [-0.25, -0.2) is 0 Å². The number of carboxylic acids is 1. The van der Waals surface area contributed by atoms with E-state index in [0.717, 1.165) is 11.3 Å². The Hall–Kier alpha value is -1.55. The van der Waals surface area contributed by atoms with Gasteiger partial charge in [-0.1, -0.05) is 18.2 Å². The molecule has 0 radical (unpaired) electrons. The molecular weight excluding hydrogens is 230 g/mol. The number of aliphatic hydroxyl groups excluding tert-OH is 1. The molecule has 1 aromatic carbocycles. The van der Waals surface area contributed by atoms with Crippen molar-refractivity contribution in [3.05, 3.63) is 29.8 Å². The van der Waals surface area contributed by atoms with E-state index in [4.69, 9.17) is 0 Å². The summed E-state index contributed by atoms with van der Waals surface area (Å²) in [4.78, 5) is 13.2. The van der Waals surface area contributed by atoms with Gasteiger partial charge in [-0.05, 0) is 26.3 Å². The van der Waals surface area contributed by atoms with Gasteiger partial charge in [0.15, 0.2) is 0 Å². The van der Waals surface area contributed by atoms with Gasteiger partial charge < -0.3 is 15.1 Å². The zero-order valence-corrected chi connectivity index (χ0v) is 10.8. The lowest BCUT2D eigenvalue weighted by atomic mass is 9.90. The van der Waals surface area contributed by atoms with Crippen LogP contribution in [0.4, 0.5) is 5.69 Å². The van der Waals surface area contributed by atoms with E-state index in [1.165, 1.54) is 0 Å². The molecule has 2 rings (SSSR count). The molecule has 1 unspecified atom stereocenters. The topological polar surface area (TPSA) is 60.8 Å². The number of benzene rings is 1. The quantitative estimate of drug-likeness (QED) is 0.860. The van der Waals surface area contributed by atoms with E-state index >= 15 is 0 Å². The molecule has 1 heterocycles. The Morgan fingerprint density at radius 3 is 2.78 bits per heavy atom. The van der Waals surface area contributed by atoms with E-state index in [9.17, 15) is 15.0 Å². The summed E-state index contributed by atoms with van der Waals surface area (Å²) in [6.07, 6.45) is 0.206. The molecule has 0 aliphatic carbocycles. The maximum absolute atomic E-state index is 11.2. The standard InChI is InChI=1S/C14H19NO3/c1-14(2,13(17)18)9-15-8-7-12(16)10-5-3-4-6-11(10)15/h3-6,12,16H,7-9H2,1-2H3,(H,17,18). The van der Waals surface area contributed by atoms with Crippen molar-refractivity contribution in [3.8, 4) is 0 Å². The van der Waals surface area contributed by atoms with Crippen LogP contribution in [-0.2, 0) is 4.79 Å². The first kappa shape index (κ1) is 12.9. The molecule has 0 aromatic heterocycles. The van der Waals surface area contributed by atoms with E-state index in [1.807, 2.05) is 24.3 Å². The number of carbonyl (C=O) groups is 1. The minimum absolute atomic E-state index is 0.439. The highest BCUT2D eigenvalue weighted by molar-refractivity contribution is 5.75. The summed E-state index contributed by atoms with van der Waals surface area (Å²) in [7, 11) is 0. The molecule has 0 spiro atoms. The predicted molar refractivity (Wildman–Crippen MR) is 69.6 cm³/mol. The number of nitrogens with zero attached hydrogens (tertiary/aromatic N) is 1. The van der Waals surface area contributed by atoms with Crippen LogP contribution >= 0.6 is 0 Å². The van der Waals surface area contributed by atoms with E-state index in [2.05, 4.69) is 4.90 Å². The molecule has 18 heavy (non-hydrogen) atoms. The zero-order chi connectivity index (χ0) is 13.3. The van der Waals surface area contributed by atoms with Gasteiger partial charge in [0.25, 0.3) is 0 Å². The Balaban J connectivity index is 2.27. The number of fused-ring (bicyclic) bond motifs is 1. The van der Waals surface area contributed by atoms with Crippen LogP contribution in [0.5, 0.6) is 0 Å². The van der Waals surface area contributed by atoms with E-state index < -0.39 is 17.5 Å². The maximum Gasteiger partial charge on any atom is 0.310 e. The van der Waals surface area contributed by atoms with Crippen LogP contribution < -0.4 is 4.90 Å². The number of rotatable bonds is 3. The number of aliphatic hydroxyl groups is 1. The molecule has 2 N–H and O–H groups in total. The number of hydrogen-bond acceptors (Lipinski definition) is 3. The summed E-state index contributed by atoms with van der Waals surface area (Å²) in [5.41, 5.74) is 1.05. The molecule has 98 valence electrons. The van der Waals surface area contributed by atoms with Gasteiger partial charge >= 0.3 is 5.97 Å². The molecule has 0 fully saturated rings. The molecule has 1 aliphatic rings. The van der Waals surface area contributed by atoms with Crippen LogP contribution in [0.3, 0.4) is 0 Å². The number of carboxylic acid groups (broad SMARTS) is 1. The van der Waals surface area contributed by atoms with E-state index in [-0.39, 0.29) is 0 Å². The van der Waals surface area contributed by atoms with Crippen molar-refractivity contribution >= 4 is 11.7 Å². The lowest BCUT2D eigenvalue weighted by molar-refractivity contribution is -0.146. The fraction of sp³-hybridized carbons (Fsp3) is 0.500. The molecule has 4 nitrogen and oxygen atoms in total. The second-order valence-electron chi connectivity index (χ2n) is 5.47. The third kappa shape index (κ3) is 2.34. The smallest absolute Gasteiger partial charge is 0.310 e. The van der Waals surface area contributed by atoms with E-state index in [1.54, 1.807) is 13.8 Å².